The Kier molecular flexibility index (Phi) is 10.5. The fraction of sp³-hybridized carbons (Fsp3) is 0.281. The zero-order chi connectivity index (χ0) is 32.1. The predicted octanol–water partition coefficient (Wildman–Crippen LogP) is 6.88. The lowest BCUT2D eigenvalue weighted by Gasteiger charge is -2.26. The van der Waals surface area contributed by atoms with Gasteiger partial charge in [-0.2, -0.15) is 13.2 Å². The summed E-state index contributed by atoms with van der Waals surface area (Å²) < 4.78 is 52.4. The first-order valence-corrected chi connectivity index (χ1v) is 15.6. The maximum atomic E-state index is 13.5. The van der Waals surface area contributed by atoms with Crippen LogP contribution in [-0.4, -0.2) is 77.1 Å². The Morgan fingerprint density at radius 2 is 1.80 bits per heavy atom. The lowest BCUT2D eigenvalue weighted by molar-refractivity contribution is -0.137. The Bertz CT molecular complexity index is 1630. The highest BCUT2D eigenvalue weighted by molar-refractivity contribution is 8.26. The van der Waals surface area contributed by atoms with Crippen LogP contribution in [0.4, 0.5) is 13.2 Å². The molecule has 0 atom stereocenters. The molecular formula is C32H28ClF3N2O5S2. The highest BCUT2D eigenvalue weighted by Crippen LogP contribution is 2.39. The van der Waals surface area contributed by atoms with Crippen LogP contribution in [0.3, 0.4) is 0 Å². The molecule has 2 fully saturated rings. The second kappa shape index (κ2) is 14.3. The summed E-state index contributed by atoms with van der Waals surface area (Å²) in [6, 6.07) is 14.5. The van der Waals surface area contributed by atoms with Crippen LogP contribution in [0.2, 0.25) is 5.02 Å². The maximum absolute atomic E-state index is 13.5. The summed E-state index contributed by atoms with van der Waals surface area (Å²) in [5.74, 6) is -0.875. The van der Waals surface area contributed by atoms with Crippen molar-refractivity contribution in [2.75, 3.05) is 46.0 Å². The first-order chi connectivity index (χ1) is 21.5. The number of rotatable bonds is 10. The SMILES string of the molecule is O=C(O)c1ccc(CCN2C(=O)/C(=C/c3cc(-c4cc(C(F)(F)F)ccc4Cl)ccc3OCCN3CCOCC3)SC2=S)cc1. The van der Waals surface area contributed by atoms with E-state index in [9.17, 15) is 22.8 Å². The lowest BCUT2D eigenvalue weighted by Crippen LogP contribution is -2.38. The van der Waals surface area contributed by atoms with Gasteiger partial charge >= 0.3 is 12.1 Å². The number of thioether (sulfide) groups is 1. The number of alkyl halides is 3. The van der Waals surface area contributed by atoms with Crippen LogP contribution in [-0.2, 0) is 22.1 Å². The molecule has 0 aliphatic carbocycles. The number of benzene rings is 3. The number of morpholine rings is 1. The normalized spacial score (nSPS) is 16.9. The molecule has 236 valence electrons. The molecule has 1 N–H and O–H groups in total. The topological polar surface area (TPSA) is 79.3 Å². The van der Waals surface area contributed by atoms with E-state index in [1.165, 1.54) is 23.1 Å². The highest BCUT2D eigenvalue weighted by Gasteiger charge is 2.33. The van der Waals surface area contributed by atoms with Gasteiger partial charge in [0.1, 0.15) is 16.7 Å². The summed E-state index contributed by atoms with van der Waals surface area (Å²) in [6.07, 6.45) is -2.45. The number of amides is 1. The molecule has 0 radical (unpaired) electrons. The smallest absolute Gasteiger partial charge is 0.416 e. The van der Waals surface area contributed by atoms with Gasteiger partial charge in [0.15, 0.2) is 0 Å². The molecule has 2 aliphatic heterocycles. The summed E-state index contributed by atoms with van der Waals surface area (Å²) in [6.45, 7) is 4.16. The molecule has 2 saturated heterocycles. The van der Waals surface area contributed by atoms with E-state index in [-0.39, 0.29) is 28.6 Å². The van der Waals surface area contributed by atoms with E-state index in [1.54, 1.807) is 36.4 Å². The Morgan fingerprint density at radius 3 is 2.49 bits per heavy atom. The third-order valence-electron chi connectivity index (χ3n) is 7.37. The Morgan fingerprint density at radius 1 is 1.07 bits per heavy atom. The van der Waals surface area contributed by atoms with Crippen molar-refractivity contribution in [1.29, 1.82) is 0 Å². The van der Waals surface area contributed by atoms with Crippen LogP contribution < -0.4 is 4.74 Å². The second-order valence-corrected chi connectivity index (χ2v) is 12.4. The van der Waals surface area contributed by atoms with Crippen molar-refractivity contribution in [1.82, 2.24) is 9.80 Å². The highest BCUT2D eigenvalue weighted by atomic mass is 35.5. The quantitative estimate of drug-likeness (QED) is 0.184. The molecule has 0 saturated carbocycles. The number of aromatic carboxylic acids is 1. The minimum Gasteiger partial charge on any atom is -0.492 e. The van der Waals surface area contributed by atoms with Gasteiger partial charge in [0, 0.05) is 42.3 Å². The molecule has 13 heteroatoms. The van der Waals surface area contributed by atoms with Gasteiger partial charge in [0.2, 0.25) is 0 Å². The van der Waals surface area contributed by atoms with Gasteiger partial charge in [-0.25, -0.2) is 4.79 Å². The number of halogens is 4. The van der Waals surface area contributed by atoms with Gasteiger partial charge in [0.05, 0.1) is 29.2 Å². The van der Waals surface area contributed by atoms with E-state index in [2.05, 4.69) is 4.90 Å². The summed E-state index contributed by atoms with van der Waals surface area (Å²) in [5, 5.41) is 9.27. The number of carbonyl (C=O) groups excluding carboxylic acids is 1. The fourth-order valence-electron chi connectivity index (χ4n) is 4.88. The number of thiocarbonyl (C=S) groups is 1. The third kappa shape index (κ3) is 8.25. The molecule has 45 heavy (non-hydrogen) atoms. The molecule has 2 heterocycles. The van der Waals surface area contributed by atoms with E-state index in [1.807, 2.05) is 0 Å². The average Bonchev–Trinajstić information content (AvgIpc) is 3.28. The van der Waals surface area contributed by atoms with Gasteiger partial charge in [-0.3, -0.25) is 14.6 Å². The Balaban J connectivity index is 1.40. The van der Waals surface area contributed by atoms with Crippen molar-refractivity contribution in [2.24, 2.45) is 0 Å². The van der Waals surface area contributed by atoms with Gasteiger partial charge in [0.25, 0.3) is 5.91 Å². The zero-order valence-corrected chi connectivity index (χ0v) is 26.2. The molecular weight excluding hydrogens is 649 g/mol. The van der Waals surface area contributed by atoms with E-state index in [0.717, 1.165) is 42.5 Å². The van der Waals surface area contributed by atoms with Crippen LogP contribution >= 0.6 is 35.6 Å². The summed E-state index contributed by atoms with van der Waals surface area (Å²) in [5.41, 5.74) is 1.31. The van der Waals surface area contributed by atoms with Crippen molar-refractivity contribution >= 4 is 57.9 Å². The zero-order valence-electron chi connectivity index (χ0n) is 23.8. The minimum atomic E-state index is -4.54. The molecule has 7 nitrogen and oxygen atoms in total. The average molecular weight is 677 g/mol. The van der Waals surface area contributed by atoms with Crippen LogP contribution in [0.25, 0.3) is 17.2 Å². The number of nitrogens with zero attached hydrogens (tertiary/aromatic N) is 2. The van der Waals surface area contributed by atoms with E-state index in [0.29, 0.717) is 58.9 Å². The molecule has 0 spiro atoms. The van der Waals surface area contributed by atoms with Crippen LogP contribution in [0.5, 0.6) is 5.75 Å². The van der Waals surface area contributed by atoms with Crippen molar-refractivity contribution in [3.05, 3.63) is 92.8 Å². The lowest BCUT2D eigenvalue weighted by atomic mass is 9.99. The molecule has 3 aromatic rings. The van der Waals surface area contributed by atoms with Crippen molar-refractivity contribution in [3.63, 3.8) is 0 Å². The third-order valence-corrected chi connectivity index (χ3v) is 9.08. The summed E-state index contributed by atoms with van der Waals surface area (Å²) in [7, 11) is 0. The minimum absolute atomic E-state index is 0.151. The summed E-state index contributed by atoms with van der Waals surface area (Å²) >= 11 is 13.0. The van der Waals surface area contributed by atoms with Crippen molar-refractivity contribution < 1.29 is 37.3 Å². The Labute approximate surface area is 272 Å². The molecule has 1 amide bonds. The van der Waals surface area contributed by atoms with Crippen LogP contribution in [0, 0.1) is 0 Å². The van der Waals surface area contributed by atoms with Gasteiger partial charge in [-0.15, -0.1) is 0 Å². The standard InChI is InChI=1S/C32H28ClF3N2O5S2/c33-26-7-6-24(32(34,35)36)19-25(26)22-5-8-27(43-16-13-37-11-14-42-15-12-37)23(17-22)18-28-29(39)38(31(44)45-28)10-9-20-1-3-21(4-2-20)30(40)41/h1-8,17-19H,9-16H2,(H,40,41)/b28-18-. The van der Waals surface area contributed by atoms with Crippen molar-refractivity contribution in [2.45, 2.75) is 12.6 Å². The molecule has 3 aromatic carbocycles. The first kappa shape index (κ1) is 33.0. The van der Waals surface area contributed by atoms with Crippen molar-refractivity contribution in [3.8, 4) is 16.9 Å². The monoisotopic (exact) mass is 676 g/mol. The molecule has 0 unspecified atom stereocenters. The van der Waals surface area contributed by atoms with E-state index in [4.69, 9.17) is 38.4 Å². The van der Waals surface area contributed by atoms with Gasteiger partial charge in [-0.1, -0.05) is 53.8 Å². The number of carboxylic acid groups (broad SMARTS) is 1. The van der Waals surface area contributed by atoms with Crippen LogP contribution in [0.1, 0.15) is 27.0 Å². The predicted molar refractivity (Wildman–Crippen MR) is 172 cm³/mol. The molecule has 5 rings (SSSR count). The molecule has 0 aromatic heterocycles. The fourth-order valence-corrected chi connectivity index (χ4v) is 6.41. The maximum Gasteiger partial charge on any atom is 0.416 e. The summed E-state index contributed by atoms with van der Waals surface area (Å²) in [4.78, 5) is 28.6. The Hall–Kier alpha value is -3.42. The number of carboxylic acids is 1. The van der Waals surface area contributed by atoms with Gasteiger partial charge < -0.3 is 14.6 Å². The number of carbonyl (C=O) groups is 2. The first-order valence-electron chi connectivity index (χ1n) is 14.0. The van der Waals surface area contributed by atoms with Crippen LogP contribution in [0.15, 0.2) is 65.6 Å². The largest absolute Gasteiger partial charge is 0.492 e. The molecule has 2 aliphatic rings. The van der Waals surface area contributed by atoms with Gasteiger partial charge in [-0.05, 0) is 66.1 Å². The number of hydrogen-bond donors (Lipinski definition) is 1. The number of hydrogen-bond acceptors (Lipinski definition) is 7. The van der Waals surface area contributed by atoms with E-state index >= 15 is 0 Å². The number of ether oxygens (including phenoxy) is 2. The second-order valence-electron chi connectivity index (χ2n) is 10.3. The van der Waals surface area contributed by atoms with E-state index < -0.39 is 17.7 Å². The molecule has 0 bridgehead atoms.